The Morgan fingerprint density at radius 2 is 2.00 bits per heavy atom. The summed E-state index contributed by atoms with van der Waals surface area (Å²) in [5, 5.41) is 0. The van der Waals surface area contributed by atoms with Gasteiger partial charge >= 0.3 is 10.3 Å². The molecule has 0 saturated carbocycles. The van der Waals surface area contributed by atoms with Gasteiger partial charge in [0.15, 0.2) is 0 Å². The zero-order valence-corrected chi connectivity index (χ0v) is 4.69. The molecule has 0 unspecified atom stereocenters. The minimum Gasteiger partial charge on any atom is -0.446 e. The van der Waals surface area contributed by atoms with Crippen molar-refractivity contribution in [1.29, 1.82) is 0 Å². The summed E-state index contributed by atoms with van der Waals surface area (Å²) < 4.78 is 37.9. The molecule has 0 saturated heterocycles. The minimum absolute atomic E-state index is 0.954. The molecule has 5 nitrogen and oxygen atoms in total. The summed E-state index contributed by atoms with van der Waals surface area (Å²) >= 11 is -0.954. The van der Waals surface area contributed by atoms with E-state index in [2.05, 4.69) is 3.77 Å². The second-order valence-corrected chi connectivity index (χ2v) is 2.32. The Kier molecular flexibility index (Phi) is 2.20. The number of hydrogen-bond donors (Lipinski definition) is 1. The van der Waals surface area contributed by atoms with Crippen LogP contribution in [0.1, 0.15) is 0 Å². The van der Waals surface area contributed by atoms with Crippen molar-refractivity contribution in [3.63, 3.8) is 0 Å². The zero-order chi connectivity index (χ0) is 5.91. The fraction of sp³-hybridized carbons (Fsp3) is 0. The monoisotopic (exact) mass is 144 g/mol. The molecule has 0 aliphatic rings. The molecule has 0 amide bonds. The minimum atomic E-state index is -4.37. The largest absolute Gasteiger partial charge is 0.446 e. The summed E-state index contributed by atoms with van der Waals surface area (Å²) in [5.74, 6) is 0. The van der Waals surface area contributed by atoms with Crippen LogP contribution in [-0.4, -0.2) is 13.0 Å². The van der Waals surface area contributed by atoms with Crippen molar-refractivity contribution in [3.05, 3.63) is 0 Å². The Bertz CT molecular complexity index is 182. The molecule has 0 rings (SSSR count). The second-order valence-electron chi connectivity index (χ2n) is 0.611. The molecule has 0 aromatic heterocycles. The molecule has 0 aromatic carbocycles. The van der Waals surface area contributed by atoms with Gasteiger partial charge in [-0.05, 0) is 0 Å². The molecule has 0 radical (unpaired) electrons. The zero-order valence-electron chi connectivity index (χ0n) is 2.97. The first kappa shape index (κ1) is 6.86. The molecule has 0 aliphatic heterocycles. The van der Waals surface area contributed by atoms with Crippen molar-refractivity contribution in [2.24, 2.45) is 3.77 Å². The lowest BCUT2D eigenvalue weighted by atomic mass is 13.9. The van der Waals surface area contributed by atoms with Crippen LogP contribution in [0.5, 0.6) is 0 Å². The smallest absolute Gasteiger partial charge is 0.356 e. The van der Waals surface area contributed by atoms with E-state index in [-0.39, 0.29) is 0 Å². The number of hydrogen-bond acceptors (Lipinski definition) is 4. The molecule has 7 heteroatoms. The highest BCUT2D eigenvalue weighted by molar-refractivity contribution is 7.88. The van der Waals surface area contributed by atoms with Gasteiger partial charge in [-0.25, -0.2) is 0 Å². The maximum absolute atomic E-state index is 9.41. The molecule has 0 aromatic rings. The average molecular weight is 144 g/mol. The van der Waals surface area contributed by atoms with Crippen LogP contribution in [-0.2, 0) is 26.0 Å². The number of nitrogens with zero attached hydrogens (tertiary/aromatic N) is 1. The first-order valence-electron chi connectivity index (χ1n) is 1.08. The topological polar surface area (TPSA) is 83.8 Å². The maximum atomic E-state index is 9.41. The van der Waals surface area contributed by atoms with Crippen LogP contribution in [0.3, 0.4) is 0 Å². The predicted octanol–water partition coefficient (Wildman–Crippen LogP) is -0.867. The van der Waals surface area contributed by atoms with Crippen LogP contribution in [0.15, 0.2) is 3.77 Å². The summed E-state index contributed by atoms with van der Waals surface area (Å²) in [5.41, 5.74) is 0. The van der Waals surface area contributed by atoms with E-state index >= 15 is 0 Å². The lowest BCUT2D eigenvalue weighted by Crippen LogP contribution is -1.86. The lowest BCUT2D eigenvalue weighted by molar-refractivity contribution is 0.486. The van der Waals surface area contributed by atoms with E-state index in [4.69, 9.17) is 4.55 Å². The van der Waals surface area contributed by atoms with Gasteiger partial charge in [0.1, 0.15) is 0 Å². The summed E-state index contributed by atoms with van der Waals surface area (Å²) in [7, 11) is -4.37. The molecule has 0 fully saturated rings. The molecule has 1 N–H and O–H groups in total. The van der Waals surface area contributed by atoms with Gasteiger partial charge in [0.05, 0.1) is 0 Å². The first-order chi connectivity index (χ1) is 3.06. The second kappa shape index (κ2) is 2.24. The lowest BCUT2D eigenvalue weighted by Gasteiger charge is -1.80. The van der Waals surface area contributed by atoms with E-state index in [1.165, 1.54) is 0 Å². The van der Waals surface area contributed by atoms with Crippen molar-refractivity contribution >= 4 is 21.8 Å². The van der Waals surface area contributed by atoms with Gasteiger partial charge in [-0.15, -0.1) is 0 Å². The molecular formula is H2NO4S2-. The average Bonchev–Trinajstić information content (AvgIpc) is 1.30. The molecule has 0 atom stereocenters. The van der Waals surface area contributed by atoms with Crippen molar-refractivity contribution < 1.29 is 17.2 Å². The quantitative estimate of drug-likeness (QED) is 0.294. The Morgan fingerprint density at radius 1 is 1.57 bits per heavy atom. The predicted molar refractivity (Wildman–Crippen MR) is 23.4 cm³/mol. The first-order valence-corrected chi connectivity index (χ1v) is 3.24. The van der Waals surface area contributed by atoms with Crippen molar-refractivity contribution in [2.75, 3.05) is 0 Å². The third-order valence-corrected chi connectivity index (χ3v) is 1.23. The molecule has 0 heterocycles. The molecule has 0 spiro atoms. The highest BCUT2D eigenvalue weighted by Crippen LogP contribution is 1.77. The van der Waals surface area contributed by atoms with Gasteiger partial charge in [-0.1, -0.05) is 0 Å². The van der Waals surface area contributed by atoms with Crippen LogP contribution < -0.4 is 0 Å². The third-order valence-electron chi connectivity index (χ3n) is 0.137. The Hall–Kier alpha value is -0.140. The van der Waals surface area contributed by atoms with Crippen LogP contribution in [0.4, 0.5) is 0 Å². The normalized spacial score (nSPS) is 11.0. The van der Waals surface area contributed by atoms with Gasteiger partial charge in [0.25, 0.3) is 0 Å². The van der Waals surface area contributed by atoms with Crippen LogP contribution in [0, 0.1) is 0 Å². The van der Waals surface area contributed by atoms with Gasteiger partial charge in [-0.2, -0.15) is 19.9 Å². The van der Waals surface area contributed by atoms with Crippen LogP contribution >= 0.6 is 0 Å². The van der Waals surface area contributed by atoms with E-state index in [1.54, 1.807) is 0 Å². The molecule has 44 valence electrons. The van der Waals surface area contributed by atoms with Crippen molar-refractivity contribution in [3.8, 4) is 0 Å². The fourth-order valence-corrected chi connectivity index (χ4v) is 0.379. The summed E-state index contributed by atoms with van der Waals surface area (Å²) in [4.78, 5) is 0. The highest BCUT2D eigenvalue weighted by atomic mass is 32.3. The van der Waals surface area contributed by atoms with Crippen LogP contribution in [0.2, 0.25) is 0 Å². The summed E-state index contributed by atoms with van der Waals surface area (Å²) in [6, 6.07) is 0. The van der Waals surface area contributed by atoms with Crippen molar-refractivity contribution in [1.82, 2.24) is 0 Å². The van der Waals surface area contributed by atoms with E-state index in [0.717, 1.165) is 0 Å². The van der Waals surface area contributed by atoms with E-state index in [0.29, 0.717) is 0 Å². The Labute approximate surface area is 43.5 Å². The molecule has 7 heavy (non-hydrogen) atoms. The maximum Gasteiger partial charge on any atom is 0.356 e. The van der Waals surface area contributed by atoms with Gasteiger partial charge in [0, 0.05) is 0 Å². The molecule has 0 bridgehead atoms. The number of rotatable bonds is 1. The third kappa shape index (κ3) is 5.86. The standard InChI is InChI=1S/H2NO4S2/c2-6-1-7(3,4)5/h6H,(H,3,4,5)/q-1. The van der Waals surface area contributed by atoms with Gasteiger partial charge < -0.3 is 4.21 Å². The van der Waals surface area contributed by atoms with Crippen LogP contribution in [0.25, 0.3) is 0 Å². The van der Waals surface area contributed by atoms with E-state index in [9.17, 15) is 12.6 Å². The number of thiol groups is 1. The molecular weight excluding hydrogens is 142 g/mol. The fourth-order valence-electron chi connectivity index (χ4n) is 0.0421. The SMILES string of the molecule is O=[SH-]=NS(=O)(=O)O. The Balaban J connectivity index is 4.44. The summed E-state index contributed by atoms with van der Waals surface area (Å²) in [6.45, 7) is 0. The van der Waals surface area contributed by atoms with Gasteiger partial charge in [0.2, 0.25) is 0 Å². The van der Waals surface area contributed by atoms with E-state index in [1.807, 2.05) is 0 Å². The van der Waals surface area contributed by atoms with Gasteiger partial charge in [-0.3, -0.25) is 8.32 Å². The Morgan fingerprint density at radius 3 is 2.00 bits per heavy atom. The van der Waals surface area contributed by atoms with Crippen molar-refractivity contribution in [2.45, 2.75) is 0 Å². The molecule has 0 aliphatic carbocycles. The highest BCUT2D eigenvalue weighted by Gasteiger charge is 1.86. The summed E-state index contributed by atoms with van der Waals surface area (Å²) in [6.07, 6.45) is 0. The van der Waals surface area contributed by atoms with E-state index < -0.39 is 21.8 Å².